The first-order valence-corrected chi connectivity index (χ1v) is 8.36. The van der Waals surface area contributed by atoms with E-state index < -0.39 is 10.0 Å². The lowest BCUT2D eigenvalue weighted by atomic mass is 10.3. The fourth-order valence-corrected chi connectivity index (χ4v) is 3.41. The number of nitrogen functional groups attached to an aromatic ring is 1. The molecule has 0 aliphatic carbocycles. The molecule has 0 spiro atoms. The normalized spacial score (nSPS) is 11.3. The zero-order valence-electron chi connectivity index (χ0n) is 9.90. The number of nitrogens with two attached hydrogens (primary N) is 1. The highest BCUT2D eigenvalue weighted by Gasteiger charge is 2.17. The molecule has 20 heavy (non-hydrogen) atoms. The van der Waals surface area contributed by atoms with Crippen LogP contribution in [0.3, 0.4) is 0 Å². The molecule has 0 atom stereocenters. The Morgan fingerprint density at radius 2 is 1.75 bits per heavy atom. The molecule has 0 aliphatic heterocycles. The van der Waals surface area contributed by atoms with Crippen molar-refractivity contribution in [2.24, 2.45) is 0 Å². The maximum atomic E-state index is 12.3. The number of benzene rings is 2. The van der Waals surface area contributed by atoms with Crippen molar-refractivity contribution >= 4 is 60.5 Å². The zero-order chi connectivity index (χ0) is 14.9. The quantitative estimate of drug-likeness (QED) is 0.767. The van der Waals surface area contributed by atoms with E-state index in [2.05, 4.69) is 20.7 Å². The van der Waals surface area contributed by atoms with Crippen molar-refractivity contribution in [3.8, 4) is 0 Å². The van der Waals surface area contributed by atoms with Gasteiger partial charge >= 0.3 is 0 Å². The summed E-state index contributed by atoms with van der Waals surface area (Å²) in [4.78, 5) is 0.0150. The lowest BCUT2D eigenvalue weighted by Gasteiger charge is -2.11. The van der Waals surface area contributed by atoms with Crippen molar-refractivity contribution in [2.75, 3.05) is 10.5 Å². The van der Waals surface area contributed by atoms with Crippen LogP contribution in [0.5, 0.6) is 0 Å². The van der Waals surface area contributed by atoms with E-state index in [1.54, 1.807) is 12.1 Å². The van der Waals surface area contributed by atoms with Gasteiger partial charge in [0.05, 0.1) is 20.6 Å². The Morgan fingerprint density at radius 3 is 2.40 bits per heavy atom. The monoisotopic (exact) mass is 394 g/mol. The molecule has 0 aromatic heterocycles. The molecule has 0 saturated carbocycles. The van der Waals surface area contributed by atoms with E-state index in [1.165, 1.54) is 24.3 Å². The Hall–Kier alpha value is -0.950. The van der Waals surface area contributed by atoms with E-state index in [1.807, 2.05) is 0 Å². The fourth-order valence-electron chi connectivity index (χ4n) is 1.47. The van der Waals surface area contributed by atoms with Gasteiger partial charge in [0.25, 0.3) is 10.0 Å². The van der Waals surface area contributed by atoms with Gasteiger partial charge in [-0.3, -0.25) is 4.72 Å². The van der Waals surface area contributed by atoms with E-state index in [-0.39, 0.29) is 14.9 Å². The molecular weight excluding hydrogens is 387 g/mol. The molecule has 2 aromatic rings. The second-order valence-electron chi connectivity index (χ2n) is 3.92. The first kappa shape index (κ1) is 15.4. The molecule has 2 rings (SSSR count). The molecule has 0 fully saturated rings. The van der Waals surface area contributed by atoms with E-state index in [4.69, 9.17) is 28.9 Å². The summed E-state index contributed by atoms with van der Waals surface area (Å²) in [5.41, 5.74) is 6.42. The van der Waals surface area contributed by atoms with E-state index in [9.17, 15) is 8.42 Å². The summed E-state index contributed by atoms with van der Waals surface area (Å²) in [7, 11) is -3.77. The van der Waals surface area contributed by atoms with Crippen molar-refractivity contribution in [2.45, 2.75) is 4.90 Å². The van der Waals surface area contributed by atoms with Crippen LogP contribution in [-0.4, -0.2) is 8.42 Å². The molecule has 2 aromatic carbocycles. The van der Waals surface area contributed by atoms with E-state index in [0.717, 1.165) is 0 Å². The second-order valence-corrected chi connectivity index (χ2v) is 7.27. The topological polar surface area (TPSA) is 72.2 Å². The first-order chi connectivity index (χ1) is 9.29. The van der Waals surface area contributed by atoms with Crippen LogP contribution in [0.4, 0.5) is 11.4 Å². The zero-order valence-corrected chi connectivity index (χ0v) is 13.8. The lowest BCUT2D eigenvalue weighted by Crippen LogP contribution is -2.13. The van der Waals surface area contributed by atoms with Crippen LogP contribution < -0.4 is 10.5 Å². The van der Waals surface area contributed by atoms with Gasteiger partial charge in [-0.2, -0.15) is 0 Å². The third kappa shape index (κ3) is 3.38. The summed E-state index contributed by atoms with van der Waals surface area (Å²) in [6.45, 7) is 0. The Balaban J connectivity index is 2.40. The maximum Gasteiger partial charge on any atom is 0.261 e. The first-order valence-electron chi connectivity index (χ1n) is 5.32. The molecule has 8 heteroatoms. The Labute approximate surface area is 135 Å². The minimum atomic E-state index is -3.77. The minimum absolute atomic E-state index is 0.0150. The predicted octanol–water partition coefficient (Wildman–Crippen LogP) is 4.14. The van der Waals surface area contributed by atoms with Gasteiger partial charge in [-0.15, -0.1) is 0 Å². The predicted molar refractivity (Wildman–Crippen MR) is 85.8 cm³/mol. The van der Waals surface area contributed by atoms with Crippen molar-refractivity contribution < 1.29 is 8.42 Å². The summed E-state index contributed by atoms with van der Waals surface area (Å²) >= 11 is 14.8. The highest BCUT2D eigenvalue weighted by atomic mass is 79.9. The number of sulfonamides is 1. The van der Waals surface area contributed by atoms with Crippen molar-refractivity contribution in [1.82, 2.24) is 0 Å². The van der Waals surface area contributed by atoms with Crippen molar-refractivity contribution in [3.05, 3.63) is 50.9 Å². The molecule has 4 nitrogen and oxygen atoms in total. The average Bonchev–Trinajstić information content (AvgIpc) is 2.36. The molecule has 0 heterocycles. The third-order valence-corrected chi connectivity index (χ3v) is 5.23. The van der Waals surface area contributed by atoms with E-state index in [0.29, 0.717) is 15.8 Å². The lowest BCUT2D eigenvalue weighted by molar-refractivity contribution is 0.601. The van der Waals surface area contributed by atoms with Crippen LogP contribution in [-0.2, 0) is 10.0 Å². The maximum absolute atomic E-state index is 12.3. The summed E-state index contributed by atoms with van der Waals surface area (Å²) < 4.78 is 27.5. The van der Waals surface area contributed by atoms with Crippen molar-refractivity contribution in [3.63, 3.8) is 0 Å². The largest absolute Gasteiger partial charge is 0.399 e. The van der Waals surface area contributed by atoms with Gasteiger partial charge in [-0.1, -0.05) is 23.2 Å². The Morgan fingerprint density at radius 1 is 1.05 bits per heavy atom. The second kappa shape index (κ2) is 5.81. The molecule has 0 radical (unpaired) electrons. The van der Waals surface area contributed by atoms with Gasteiger partial charge in [-0.25, -0.2) is 8.42 Å². The number of hydrogen-bond donors (Lipinski definition) is 2. The number of nitrogens with one attached hydrogen (secondary N) is 1. The minimum Gasteiger partial charge on any atom is -0.399 e. The molecule has 0 aliphatic rings. The van der Waals surface area contributed by atoms with Gasteiger partial charge in [-0.05, 0) is 52.3 Å². The average molecular weight is 396 g/mol. The van der Waals surface area contributed by atoms with Crippen molar-refractivity contribution in [1.29, 1.82) is 0 Å². The van der Waals surface area contributed by atoms with Gasteiger partial charge in [0, 0.05) is 10.2 Å². The number of hydrogen-bond acceptors (Lipinski definition) is 3. The number of rotatable bonds is 3. The smallest absolute Gasteiger partial charge is 0.261 e. The van der Waals surface area contributed by atoms with Gasteiger partial charge < -0.3 is 5.73 Å². The van der Waals surface area contributed by atoms with Gasteiger partial charge in [0.15, 0.2) is 0 Å². The summed E-state index contributed by atoms with van der Waals surface area (Å²) in [5.74, 6) is 0. The summed E-state index contributed by atoms with van der Waals surface area (Å²) in [6.07, 6.45) is 0. The molecular formula is C12H9BrCl2N2O2S. The van der Waals surface area contributed by atoms with Crippen LogP contribution >= 0.6 is 39.1 Å². The van der Waals surface area contributed by atoms with Gasteiger partial charge in [0.2, 0.25) is 0 Å². The Kier molecular flexibility index (Phi) is 4.49. The van der Waals surface area contributed by atoms with Crippen LogP contribution in [0.25, 0.3) is 0 Å². The molecule has 0 amide bonds. The molecule has 106 valence electrons. The van der Waals surface area contributed by atoms with Gasteiger partial charge in [0.1, 0.15) is 0 Å². The SMILES string of the molecule is Nc1ccc(Br)c(NS(=O)(=O)c2ccc(Cl)c(Cl)c2)c1. The van der Waals surface area contributed by atoms with E-state index >= 15 is 0 Å². The Bertz CT molecular complexity index is 766. The standard InChI is InChI=1S/C12H9BrCl2N2O2S/c13-9-3-1-7(16)5-12(9)17-20(18,19)8-2-4-10(14)11(15)6-8/h1-6,17H,16H2. The molecule has 3 N–H and O–H groups in total. The number of anilines is 2. The highest BCUT2D eigenvalue weighted by Crippen LogP contribution is 2.29. The summed E-state index contributed by atoms with van der Waals surface area (Å²) in [6, 6.07) is 8.90. The van der Waals surface area contributed by atoms with Crippen LogP contribution in [0, 0.1) is 0 Å². The molecule has 0 unspecified atom stereocenters. The highest BCUT2D eigenvalue weighted by molar-refractivity contribution is 9.10. The van der Waals surface area contributed by atoms with Crippen LogP contribution in [0.1, 0.15) is 0 Å². The fraction of sp³-hybridized carbons (Fsp3) is 0. The molecule has 0 bridgehead atoms. The molecule has 0 saturated heterocycles. The number of halogens is 3. The third-order valence-electron chi connectivity index (χ3n) is 2.44. The van der Waals surface area contributed by atoms with Crippen LogP contribution in [0.15, 0.2) is 45.8 Å². The summed E-state index contributed by atoms with van der Waals surface area (Å²) in [5, 5.41) is 0.455. The van der Waals surface area contributed by atoms with Crippen LogP contribution in [0.2, 0.25) is 10.0 Å².